The fraction of sp³-hybridized carbons (Fsp3) is 0.529. The van der Waals surface area contributed by atoms with Crippen LogP contribution in [0.25, 0.3) is 0 Å². The van der Waals surface area contributed by atoms with Crippen LogP contribution >= 0.6 is 11.6 Å². The van der Waals surface area contributed by atoms with Crippen LogP contribution in [0.2, 0.25) is 5.02 Å². The standard InChI is InChI=1S/C17H22ClN3O2/c1-12(2)15(11-19)20-6-8-21(9-7-20)17(22)13-4-5-14(18)16(10-13)23-3/h4-5,10,12,15H,6-9H2,1-3H3/t15-/m0/s1. The van der Waals surface area contributed by atoms with Gasteiger partial charge < -0.3 is 9.64 Å². The lowest BCUT2D eigenvalue weighted by Crippen LogP contribution is -2.52. The molecule has 0 saturated carbocycles. The Hall–Kier alpha value is -1.77. The van der Waals surface area contributed by atoms with E-state index in [1.807, 2.05) is 18.7 Å². The number of carbonyl (C=O) groups excluding carboxylic acids is 1. The second kappa shape index (κ2) is 7.67. The monoisotopic (exact) mass is 335 g/mol. The fourth-order valence-electron chi connectivity index (χ4n) is 2.83. The lowest BCUT2D eigenvalue weighted by molar-refractivity contribution is 0.0576. The normalized spacial score (nSPS) is 17.0. The summed E-state index contributed by atoms with van der Waals surface area (Å²) in [7, 11) is 1.53. The lowest BCUT2D eigenvalue weighted by Gasteiger charge is -2.38. The van der Waals surface area contributed by atoms with Gasteiger partial charge in [-0.15, -0.1) is 0 Å². The van der Waals surface area contributed by atoms with Crippen LogP contribution in [0.15, 0.2) is 18.2 Å². The molecule has 1 atom stereocenters. The summed E-state index contributed by atoms with van der Waals surface area (Å²) in [4.78, 5) is 16.6. The largest absolute Gasteiger partial charge is 0.495 e. The SMILES string of the molecule is COc1cc(C(=O)N2CCN([C@@H](C#N)C(C)C)CC2)ccc1Cl. The van der Waals surface area contributed by atoms with E-state index in [9.17, 15) is 10.1 Å². The third-order valence-electron chi connectivity index (χ3n) is 4.16. The molecule has 0 radical (unpaired) electrons. The second-order valence-electron chi connectivity index (χ2n) is 6.00. The quantitative estimate of drug-likeness (QED) is 0.848. The Balaban J connectivity index is 2.03. The first-order valence-corrected chi connectivity index (χ1v) is 8.12. The number of benzene rings is 1. The van der Waals surface area contributed by atoms with E-state index in [0.29, 0.717) is 42.5 Å². The minimum absolute atomic E-state index is 0.0299. The second-order valence-corrected chi connectivity index (χ2v) is 6.40. The van der Waals surface area contributed by atoms with Crippen molar-refractivity contribution in [3.63, 3.8) is 0 Å². The number of nitrogens with zero attached hydrogens (tertiary/aromatic N) is 3. The summed E-state index contributed by atoms with van der Waals surface area (Å²) in [5.74, 6) is 0.751. The number of methoxy groups -OCH3 is 1. The van der Waals surface area contributed by atoms with Crippen molar-refractivity contribution in [3.05, 3.63) is 28.8 Å². The van der Waals surface area contributed by atoms with Crippen molar-refractivity contribution in [1.29, 1.82) is 5.26 Å². The number of nitriles is 1. The number of amides is 1. The zero-order valence-corrected chi connectivity index (χ0v) is 14.5. The summed E-state index contributed by atoms with van der Waals surface area (Å²) < 4.78 is 5.17. The van der Waals surface area contributed by atoms with E-state index in [-0.39, 0.29) is 17.9 Å². The summed E-state index contributed by atoms with van der Waals surface area (Å²) in [6.45, 7) is 6.76. The van der Waals surface area contributed by atoms with E-state index in [4.69, 9.17) is 16.3 Å². The molecule has 0 aromatic heterocycles. The van der Waals surface area contributed by atoms with Crippen LogP contribution in [0.5, 0.6) is 5.75 Å². The van der Waals surface area contributed by atoms with Gasteiger partial charge in [0.1, 0.15) is 11.8 Å². The summed E-state index contributed by atoms with van der Waals surface area (Å²) in [5, 5.41) is 9.78. The molecule has 1 aliphatic rings. The first kappa shape index (κ1) is 17.6. The minimum Gasteiger partial charge on any atom is -0.495 e. The topological polar surface area (TPSA) is 56.6 Å². The van der Waals surface area contributed by atoms with Gasteiger partial charge in [-0.25, -0.2) is 0 Å². The Morgan fingerprint density at radius 2 is 1.96 bits per heavy atom. The van der Waals surface area contributed by atoms with Gasteiger partial charge in [-0.1, -0.05) is 25.4 Å². The molecule has 0 bridgehead atoms. The van der Waals surface area contributed by atoms with Crippen LogP contribution < -0.4 is 4.74 Å². The van der Waals surface area contributed by atoms with Crippen molar-refractivity contribution in [3.8, 4) is 11.8 Å². The van der Waals surface area contributed by atoms with E-state index in [1.165, 1.54) is 7.11 Å². The molecule has 124 valence electrons. The molecule has 1 aliphatic heterocycles. The molecule has 1 aromatic rings. The minimum atomic E-state index is -0.0946. The molecular weight excluding hydrogens is 314 g/mol. The average molecular weight is 336 g/mol. The van der Waals surface area contributed by atoms with Crippen LogP contribution in [0, 0.1) is 17.2 Å². The zero-order valence-electron chi connectivity index (χ0n) is 13.8. The van der Waals surface area contributed by atoms with Crippen molar-refractivity contribution >= 4 is 17.5 Å². The van der Waals surface area contributed by atoms with E-state index >= 15 is 0 Å². The number of ether oxygens (including phenoxy) is 1. The van der Waals surface area contributed by atoms with Gasteiger partial charge in [-0.3, -0.25) is 9.69 Å². The van der Waals surface area contributed by atoms with Crippen LogP contribution in [0.3, 0.4) is 0 Å². The maximum atomic E-state index is 12.6. The number of rotatable bonds is 4. The Bertz CT molecular complexity index is 604. The summed E-state index contributed by atoms with van der Waals surface area (Å²) in [6.07, 6.45) is 0. The Labute approximate surface area is 142 Å². The fourth-order valence-corrected chi connectivity index (χ4v) is 3.03. The van der Waals surface area contributed by atoms with Crippen molar-refractivity contribution in [2.75, 3.05) is 33.3 Å². The van der Waals surface area contributed by atoms with Gasteiger partial charge in [0, 0.05) is 31.7 Å². The molecule has 1 saturated heterocycles. The molecule has 5 nitrogen and oxygen atoms in total. The van der Waals surface area contributed by atoms with Crippen LogP contribution in [0.1, 0.15) is 24.2 Å². The molecule has 1 heterocycles. The van der Waals surface area contributed by atoms with E-state index in [2.05, 4.69) is 11.0 Å². The molecule has 0 unspecified atom stereocenters. The smallest absolute Gasteiger partial charge is 0.254 e. The number of carbonyl (C=O) groups is 1. The maximum absolute atomic E-state index is 12.6. The highest BCUT2D eigenvalue weighted by Crippen LogP contribution is 2.26. The Morgan fingerprint density at radius 3 is 2.48 bits per heavy atom. The Kier molecular flexibility index (Phi) is 5.86. The van der Waals surface area contributed by atoms with Gasteiger partial charge in [0.2, 0.25) is 0 Å². The lowest BCUT2D eigenvalue weighted by atomic mass is 10.0. The first-order valence-electron chi connectivity index (χ1n) is 7.74. The van der Waals surface area contributed by atoms with Gasteiger partial charge in [-0.2, -0.15) is 5.26 Å². The van der Waals surface area contributed by atoms with Gasteiger partial charge in [-0.05, 0) is 24.1 Å². The van der Waals surface area contributed by atoms with Crippen molar-refractivity contribution in [2.45, 2.75) is 19.9 Å². The molecular formula is C17H22ClN3O2. The highest BCUT2D eigenvalue weighted by Gasteiger charge is 2.28. The maximum Gasteiger partial charge on any atom is 0.254 e. The van der Waals surface area contributed by atoms with Crippen molar-refractivity contribution in [1.82, 2.24) is 9.80 Å². The molecule has 0 N–H and O–H groups in total. The number of halogens is 1. The van der Waals surface area contributed by atoms with Gasteiger partial charge in [0.15, 0.2) is 0 Å². The summed E-state index contributed by atoms with van der Waals surface area (Å²) in [5.41, 5.74) is 0.570. The van der Waals surface area contributed by atoms with Gasteiger partial charge >= 0.3 is 0 Å². The highest BCUT2D eigenvalue weighted by molar-refractivity contribution is 6.32. The van der Waals surface area contributed by atoms with Crippen molar-refractivity contribution in [2.24, 2.45) is 5.92 Å². The summed E-state index contributed by atoms with van der Waals surface area (Å²) >= 11 is 6.00. The third-order valence-corrected chi connectivity index (χ3v) is 4.47. The molecule has 1 amide bonds. The molecule has 2 rings (SSSR count). The summed E-state index contributed by atoms with van der Waals surface area (Å²) in [6, 6.07) is 7.32. The number of piperazine rings is 1. The predicted octanol–water partition coefficient (Wildman–Crippen LogP) is 2.65. The van der Waals surface area contributed by atoms with Crippen LogP contribution in [0.4, 0.5) is 0 Å². The Morgan fingerprint density at radius 1 is 1.30 bits per heavy atom. The zero-order chi connectivity index (χ0) is 17.0. The molecule has 0 spiro atoms. The van der Waals surface area contributed by atoms with Crippen molar-refractivity contribution < 1.29 is 9.53 Å². The molecule has 6 heteroatoms. The molecule has 23 heavy (non-hydrogen) atoms. The van der Waals surface area contributed by atoms with Crippen LogP contribution in [-0.4, -0.2) is 55.0 Å². The van der Waals surface area contributed by atoms with Gasteiger partial charge in [0.25, 0.3) is 5.91 Å². The third kappa shape index (κ3) is 3.95. The molecule has 0 aliphatic carbocycles. The van der Waals surface area contributed by atoms with E-state index in [1.54, 1.807) is 18.2 Å². The van der Waals surface area contributed by atoms with Crippen LogP contribution in [-0.2, 0) is 0 Å². The van der Waals surface area contributed by atoms with E-state index in [0.717, 1.165) is 0 Å². The number of hydrogen-bond donors (Lipinski definition) is 0. The molecule has 1 aromatic carbocycles. The highest BCUT2D eigenvalue weighted by atomic mass is 35.5. The first-order chi connectivity index (χ1) is 11.0. The predicted molar refractivity (Wildman–Crippen MR) is 89.7 cm³/mol. The molecule has 1 fully saturated rings. The van der Waals surface area contributed by atoms with Gasteiger partial charge in [0.05, 0.1) is 18.2 Å². The average Bonchev–Trinajstić information content (AvgIpc) is 2.55. The number of hydrogen-bond acceptors (Lipinski definition) is 4. The van der Waals surface area contributed by atoms with E-state index < -0.39 is 0 Å².